The van der Waals surface area contributed by atoms with Crippen LogP contribution in [0.25, 0.3) is 0 Å². The van der Waals surface area contributed by atoms with Crippen molar-refractivity contribution in [1.29, 1.82) is 5.26 Å². The van der Waals surface area contributed by atoms with Crippen LogP contribution in [0.3, 0.4) is 0 Å². The Labute approximate surface area is 190 Å². The Balaban J connectivity index is 1.76. The third kappa shape index (κ3) is 5.97. The third-order valence-electron chi connectivity index (χ3n) is 5.39. The SMILES string of the molecule is COc1ccc(Cc2ccc(C#N)cc2S(=O)(=O)NCCc2ccc(C(C)C)cc2)cc1. The number of nitrogens with zero attached hydrogens (tertiary/aromatic N) is 1. The van der Waals surface area contributed by atoms with Crippen LogP contribution in [0.5, 0.6) is 5.75 Å². The molecule has 6 heteroatoms. The minimum Gasteiger partial charge on any atom is -0.497 e. The van der Waals surface area contributed by atoms with Crippen LogP contribution >= 0.6 is 0 Å². The third-order valence-corrected chi connectivity index (χ3v) is 6.93. The fourth-order valence-corrected chi connectivity index (χ4v) is 4.75. The number of hydrogen-bond acceptors (Lipinski definition) is 4. The second-order valence-electron chi connectivity index (χ2n) is 8.00. The van der Waals surface area contributed by atoms with Crippen molar-refractivity contribution in [3.8, 4) is 11.8 Å². The number of nitrogens with one attached hydrogen (secondary N) is 1. The van der Waals surface area contributed by atoms with Gasteiger partial charge in [0.05, 0.1) is 23.6 Å². The second-order valence-corrected chi connectivity index (χ2v) is 9.74. The first kappa shape index (κ1) is 23.5. The van der Waals surface area contributed by atoms with Gasteiger partial charge in [0.2, 0.25) is 10.0 Å². The lowest BCUT2D eigenvalue weighted by molar-refractivity contribution is 0.414. The van der Waals surface area contributed by atoms with E-state index in [1.54, 1.807) is 19.2 Å². The number of sulfonamides is 1. The average molecular weight is 449 g/mol. The Morgan fingerprint density at radius 2 is 1.62 bits per heavy atom. The van der Waals surface area contributed by atoms with E-state index in [-0.39, 0.29) is 11.4 Å². The number of hydrogen-bond donors (Lipinski definition) is 1. The van der Waals surface area contributed by atoms with Gasteiger partial charge in [-0.05, 0) is 65.3 Å². The Hall–Kier alpha value is -3.14. The predicted molar refractivity (Wildman–Crippen MR) is 126 cm³/mol. The zero-order chi connectivity index (χ0) is 23.1. The molecule has 3 aromatic carbocycles. The Morgan fingerprint density at radius 3 is 2.22 bits per heavy atom. The molecule has 166 valence electrons. The van der Waals surface area contributed by atoms with Gasteiger partial charge in [-0.1, -0.05) is 56.3 Å². The highest BCUT2D eigenvalue weighted by Crippen LogP contribution is 2.22. The molecule has 5 nitrogen and oxygen atoms in total. The fourth-order valence-electron chi connectivity index (χ4n) is 3.46. The van der Waals surface area contributed by atoms with Gasteiger partial charge in [-0.2, -0.15) is 5.26 Å². The van der Waals surface area contributed by atoms with Gasteiger partial charge in [-0.25, -0.2) is 13.1 Å². The highest BCUT2D eigenvalue weighted by molar-refractivity contribution is 7.89. The Bertz CT molecular complexity index is 1190. The fraction of sp³-hybridized carbons (Fsp3) is 0.269. The summed E-state index contributed by atoms with van der Waals surface area (Å²) in [7, 11) is -2.17. The van der Waals surface area contributed by atoms with Gasteiger partial charge in [0.25, 0.3) is 0 Å². The lowest BCUT2D eigenvalue weighted by Crippen LogP contribution is -2.27. The topological polar surface area (TPSA) is 79.2 Å². The number of benzene rings is 3. The summed E-state index contributed by atoms with van der Waals surface area (Å²) >= 11 is 0. The molecule has 0 amide bonds. The summed E-state index contributed by atoms with van der Waals surface area (Å²) in [5, 5.41) is 9.27. The van der Waals surface area contributed by atoms with E-state index in [0.29, 0.717) is 29.9 Å². The van der Waals surface area contributed by atoms with Crippen molar-refractivity contribution in [3.05, 3.63) is 94.5 Å². The second kappa shape index (κ2) is 10.4. The summed E-state index contributed by atoms with van der Waals surface area (Å²) in [6.07, 6.45) is 1.02. The van der Waals surface area contributed by atoms with Crippen LogP contribution in [0.4, 0.5) is 0 Å². The maximum atomic E-state index is 13.1. The first-order valence-electron chi connectivity index (χ1n) is 10.6. The molecule has 0 radical (unpaired) electrons. The molecule has 32 heavy (non-hydrogen) atoms. The zero-order valence-electron chi connectivity index (χ0n) is 18.6. The molecule has 0 saturated carbocycles. The molecule has 0 atom stereocenters. The van der Waals surface area contributed by atoms with Crippen molar-refractivity contribution in [2.24, 2.45) is 0 Å². The molecule has 1 N–H and O–H groups in total. The summed E-state index contributed by atoms with van der Waals surface area (Å²) in [4.78, 5) is 0.141. The Morgan fingerprint density at radius 1 is 0.969 bits per heavy atom. The number of methoxy groups -OCH3 is 1. The number of rotatable bonds is 9. The monoisotopic (exact) mass is 448 g/mol. The molecule has 0 aliphatic carbocycles. The van der Waals surface area contributed by atoms with Crippen LogP contribution in [0.2, 0.25) is 0 Å². The summed E-state index contributed by atoms with van der Waals surface area (Å²) < 4.78 is 34.1. The van der Waals surface area contributed by atoms with Crippen LogP contribution in [-0.2, 0) is 22.9 Å². The maximum Gasteiger partial charge on any atom is 0.240 e. The molecule has 0 saturated heterocycles. The minimum absolute atomic E-state index is 0.141. The first-order chi connectivity index (χ1) is 15.3. The molecule has 0 spiro atoms. The lowest BCUT2D eigenvalue weighted by atomic mass is 10.0. The van der Waals surface area contributed by atoms with Crippen molar-refractivity contribution in [2.45, 2.75) is 37.5 Å². The summed E-state index contributed by atoms with van der Waals surface area (Å²) in [5.41, 5.74) is 4.24. The van der Waals surface area contributed by atoms with E-state index < -0.39 is 10.0 Å². The van der Waals surface area contributed by atoms with Gasteiger partial charge in [-0.15, -0.1) is 0 Å². The summed E-state index contributed by atoms with van der Waals surface area (Å²) in [6, 6.07) is 22.6. The molecule has 0 aliphatic heterocycles. The van der Waals surface area contributed by atoms with Gasteiger partial charge < -0.3 is 4.74 Å². The van der Waals surface area contributed by atoms with Crippen LogP contribution < -0.4 is 9.46 Å². The lowest BCUT2D eigenvalue weighted by Gasteiger charge is -2.13. The van der Waals surface area contributed by atoms with E-state index in [2.05, 4.69) is 30.7 Å². The molecule has 0 unspecified atom stereocenters. The van der Waals surface area contributed by atoms with Crippen molar-refractivity contribution in [2.75, 3.05) is 13.7 Å². The molecule has 3 rings (SSSR count). The van der Waals surface area contributed by atoms with Gasteiger partial charge >= 0.3 is 0 Å². The molecule has 0 bridgehead atoms. The van der Waals surface area contributed by atoms with E-state index in [1.807, 2.05) is 42.5 Å². The quantitative estimate of drug-likeness (QED) is 0.510. The van der Waals surface area contributed by atoms with Crippen molar-refractivity contribution >= 4 is 10.0 Å². The minimum atomic E-state index is -3.77. The molecule has 3 aromatic rings. The van der Waals surface area contributed by atoms with Crippen LogP contribution in [0.15, 0.2) is 71.6 Å². The van der Waals surface area contributed by atoms with Crippen molar-refractivity contribution in [3.63, 3.8) is 0 Å². The van der Waals surface area contributed by atoms with E-state index in [9.17, 15) is 13.7 Å². The van der Waals surface area contributed by atoms with Gasteiger partial charge in [-0.3, -0.25) is 0 Å². The van der Waals surface area contributed by atoms with E-state index in [4.69, 9.17) is 4.74 Å². The van der Waals surface area contributed by atoms with Crippen LogP contribution in [0.1, 0.15) is 47.6 Å². The van der Waals surface area contributed by atoms with Crippen molar-refractivity contribution < 1.29 is 13.2 Å². The highest BCUT2D eigenvalue weighted by Gasteiger charge is 2.19. The highest BCUT2D eigenvalue weighted by atomic mass is 32.2. The number of ether oxygens (including phenoxy) is 1. The standard InChI is InChI=1S/C26H28N2O3S/c1-19(2)23-9-4-20(5-10-23)14-15-28-32(29,30)26-17-22(18-27)6-11-24(26)16-21-7-12-25(31-3)13-8-21/h4-13,17,19,28H,14-16H2,1-3H3. The van der Waals surface area contributed by atoms with E-state index >= 15 is 0 Å². The van der Waals surface area contributed by atoms with E-state index in [0.717, 1.165) is 16.9 Å². The molecular formula is C26H28N2O3S. The summed E-state index contributed by atoms with van der Waals surface area (Å²) in [6.45, 7) is 4.56. The maximum absolute atomic E-state index is 13.1. The summed E-state index contributed by atoms with van der Waals surface area (Å²) in [5.74, 6) is 1.20. The molecular weight excluding hydrogens is 420 g/mol. The van der Waals surface area contributed by atoms with Gasteiger partial charge in [0.15, 0.2) is 0 Å². The molecule has 0 fully saturated rings. The predicted octanol–water partition coefficient (Wildman–Crippen LogP) is 4.80. The molecule has 0 aromatic heterocycles. The normalized spacial score (nSPS) is 11.3. The largest absolute Gasteiger partial charge is 0.497 e. The van der Waals surface area contributed by atoms with Gasteiger partial charge in [0.1, 0.15) is 5.75 Å². The Kier molecular flexibility index (Phi) is 7.68. The smallest absolute Gasteiger partial charge is 0.240 e. The molecule has 0 aliphatic rings. The van der Waals surface area contributed by atoms with Crippen molar-refractivity contribution in [1.82, 2.24) is 4.72 Å². The van der Waals surface area contributed by atoms with Crippen LogP contribution in [-0.4, -0.2) is 22.1 Å². The molecule has 0 heterocycles. The zero-order valence-corrected chi connectivity index (χ0v) is 19.4. The van der Waals surface area contributed by atoms with E-state index in [1.165, 1.54) is 11.6 Å². The van der Waals surface area contributed by atoms with Crippen LogP contribution in [0, 0.1) is 11.3 Å². The first-order valence-corrected chi connectivity index (χ1v) is 12.0. The number of nitriles is 1. The average Bonchev–Trinajstić information content (AvgIpc) is 2.80. The van der Waals surface area contributed by atoms with Gasteiger partial charge in [0, 0.05) is 6.54 Å².